The van der Waals surface area contributed by atoms with Crippen molar-refractivity contribution in [2.45, 2.75) is 6.04 Å². The molecule has 6 heteroatoms. The van der Waals surface area contributed by atoms with Crippen LogP contribution in [0.5, 0.6) is 0 Å². The normalized spacial score (nSPS) is 12.2. The quantitative estimate of drug-likeness (QED) is 0.899. The first-order chi connectivity index (χ1) is 9.52. The van der Waals surface area contributed by atoms with E-state index < -0.39 is 23.5 Å². The molecule has 0 radical (unpaired) electrons. The third kappa shape index (κ3) is 3.05. The minimum Gasteiger partial charge on any atom is -0.376 e. The van der Waals surface area contributed by atoms with E-state index in [1.54, 1.807) is 0 Å². The van der Waals surface area contributed by atoms with Crippen molar-refractivity contribution >= 4 is 17.3 Å². The number of halogens is 4. The van der Waals surface area contributed by atoms with Gasteiger partial charge in [0.1, 0.15) is 5.82 Å². The predicted octanol–water partition coefficient (Wildman–Crippen LogP) is 3.87. The molecule has 0 bridgehead atoms. The van der Waals surface area contributed by atoms with Gasteiger partial charge in [-0.25, -0.2) is 13.2 Å². The molecule has 0 aliphatic rings. The molecule has 0 amide bonds. The van der Waals surface area contributed by atoms with Gasteiger partial charge in [0.2, 0.25) is 0 Å². The lowest BCUT2D eigenvalue weighted by atomic mass is 10.1. The fourth-order valence-corrected chi connectivity index (χ4v) is 2.02. The van der Waals surface area contributed by atoms with Gasteiger partial charge in [-0.1, -0.05) is 23.7 Å². The summed E-state index contributed by atoms with van der Waals surface area (Å²) in [6.07, 6.45) is 0. The number of hydrogen-bond donors (Lipinski definition) is 2. The summed E-state index contributed by atoms with van der Waals surface area (Å²) >= 11 is 5.92. The summed E-state index contributed by atoms with van der Waals surface area (Å²) in [6.45, 7) is -0.00673. The number of hydrogen-bond acceptors (Lipinski definition) is 2. The van der Waals surface area contributed by atoms with E-state index in [1.165, 1.54) is 30.3 Å². The van der Waals surface area contributed by atoms with Crippen molar-refractivity contribution in [1.29, 1.82) is 0 Å². The lowest BCUT2D eigenvalue weighted by Crippen LogP contribution is -2.22. The van der Waals surface area contributed by atoms with Crippen LogP contribution in [0.2, 0.25) is 5.02 Å². The Kier molecular flexibility index (Phi) is 4.52. The van der Waals surface area contributed by atoms with Crippen molar-refractivity contribution in [3.05, 3.63) is 64.4 Å². The summed E-state index contributed by atoms with van der Waals surface area (Å²) in [5.41, 5.74) is 5.90. The molecule has 0 aliphatic heterocycles. The number of benzene rings is 2. The second-order valence-corrected chi connectivity index (χ2v) is 4.61. The first-order valence-corrected chi connectivity index (χ1v) is 6.26. The van der Waals surface area contributed by atoms with Gasteiger partial charge in [-0.05, 0) is 24.3 Å². The van der Waals surface area contributed by atoms with Crippen LogP contribution in [0, 0.1) is 17.5 Å². The average molecular weight is 301 g/mol. The molecule has 0 saturated carbocycles. The number of anilines is 1. The molecule has 2 nitrogen and oxygen atoms in total. The van der Waals surface area contributed by atoms with E-state index in [4.69, 9.17) is 17.3 Å². The molecular formula is C14H12ClF3N2. The number of rotatable bonds is 4. The molecule has 0 saturated heterocycles. The summed E-state index contributed by atoms with van der Waals surface area (Å²) in [6, 6.07) is 6.83. The predicted molar refractivity (Wildman–Crippen MR) is 73.2 cm³/mol. The van der Waals surface area contributed by atoms with Crippen LogP contribution in [-0.2, 0) is 0 Å². The molecule has 0 heterocycles. The zero-order valence-corrected chi connectivity index (χ0v) is 11.1. The van der Waals surface area contributed by atoms with Crippen molar-refractivity contribution < 1.29 is 13.2 Å². The molecule has 20 heavy (non-hydrogen) atoms. The first-order valence-electron chi connectivity index (χ1n) is 5.88. The lowest BCUT2D eigenvalue weighted by Gasteiger charge is -2.20. The van der Waals surface area contributed by atoms with Crippen LogP contribution in [0.15, 0.2) is 36.4 Å². The van der Waals surface area contributed by atoms with Crippen LogP contribution in [-0.4, -0.2) is 6.54 Å². The van der Waals surface area contributed by atoms with Crippen molar-refractivity contribution in [3.8, 4) is 0 Å². The SMILES string of the molecule is NCC(Nc1cc(F)ccc1Cl)c1cccc(F)c1F. The fraction of sp³-hybridized carbons (Fsp3) is 0.143. The third-order valence-electron chi connectivity index (χ3n) is 2.85. The Bertz CT molecular complexity index is 619. The Morgan fingerprint density at radius 2 is 1.90 bits per heavy atom. The Hall–Kier alpha value is -1.72. The van der Waals surface area contributed by atoms with Crippen LogP contribution in [0.1, 0.15) is 11.6 Å². The molecule has 1 unspecified atom stereocenters. The largest absolute Gasteiger partial charge is 0.376 e. The lowest BCUT2D eigenvalue weighted by molar-refractivity contribution is 0.492. The van der Waals surface area contributed by atoms with Gasteiger partial charge in [0.05, 0.1) is 16.8 Å². The molecule has 0 spiro atoms. The number of nitrogens with two attached hydrogens (primary N) is 1. The van der Waals surface area contributed by atoms with Crippen LogP contribution in [0.25, 0.3) is 0 Å². The van der Waals surface area contributed by atoms with Gasteiger partial charge in [0.15, 0.2) is 11.6 Å². The highest BCUT2D eigenvalue weighted by atomic mass is 35.5. The monoisotopic (exact) mass is 300 g/mol. The van der Waals surface area contributed by atoms with E-state index in [0.717, 1.165) is 6.07 Å². The van der Waals surface area contributed by atoms with Gasteiger partial charge in [-0.15, -0.1) is 0 Å². The van der Waals surface area contributed by atoms with Gasteiger partial charge in [0, 0.05) is 12.1 Å². The number of nitrogens with one attached hydrogen (secondary N) is 1. The van der Waals surface area contributed by atoms with Crippen molar-refractivity contribution in [2.75, 3.05) is 11.9 Å². The van der Waals surface area contributed by atoms with E-state index in [2.05, 4.69) is 5.32 Å². The Morgan fingerprint density at radius 1 is 1.15 bits per heavy atom. The van der Waals surface area contributed by atoms with E-state index in [0.29, 0.717) is 0 Å². The third-order valence-corrected chi connectivity index (χ3v) is 3.18. The van der Waals surface area contributed by atoms with Crippen LogP contribution >= 0.6 is 11.6 Å². The van der Waals surface area contributed by atoms with Gasteiger partial charge in [-0.2, -0.15) is 0 Å². The van der Waals surface area contributed by atoms with E-state index in [-0.39, 0.29) is 22.8 Å². The summed E-state index contributed by atoms with van der Waals surface area (Å²) in [5.74, 6) is -2.44. The van der Waals surface area contributed by atoms with E-state index >= 15 is 0 Å². The van der Waals surface area contributed by atoms with Crippen LogP contribution in [0.3, 0.4) is 0 Å². The highest BCUT2D eigenvalue weighted by molar-refractivity contribution is 6.33. The maximum absolute atomic E-state index is 13.7. The Morgan fingerprint density at radius 3 is 2.60 bits per heavy atom. The van der Waals surface area contributed by atoms with Crippen molar-refractivity contribution in [1.82, 2.24) is 0 Å². The first kappa shape index (κ1) is 14.7. The summed E-state index contributed by atoms with van der Waals surface area (Å²) < 4.78 is 40.2. The standard InChI is InChI=1S/C14H12ClF3N2/c15-10-5-4-8(16)6-12(10)20-13(7-19)9-2-1-3-11(17)14(9)18/h1-6,13,20H,7,19H2. The zero-order chi connectivity index (χ0) is 14.7. The highest BCUT2D eigenvalue weighted by Gasteiger charge is 2.18. The van der Waals surface area contributed by atoms with Gasteiger partial charge in [0.25, 0.3) is 0 Å². The van der Waals surface area contributed by atoms with Crippen molar-refractivity contribution in [2.24, 2.45) is 5.73 Å². The topological polar surface area (TPSA) is 38.0 Å². The molecule has 106 valence electrons. The Labute approximate surface area is 119 Å². The second-order valence-electron chi connectivity index (χ2n) is 4.20. The minimum absolute atomic E-state index is 0.00673. The molecule has 2 rings (SSSR count). The molecule has 0 aliphatic carbocycles. The van der Waals surface area contributed by atoms with Gasteiger partial charge < -0.3 is 11.1 Å². The summed E-state index contributed by atoms with van der Waals surface area (Å²) in [7, 11) is 0. The van der Waals surface area contributed by atoms with Gasteiger partial charge >= 0.3 is 0 Å². The molecule has 0 fully saturated rings. The molecule has 3 N–H and O–H groups in total. The zero-order valence-electron chi connectivity index (χ0n) is 10.3. The molecule has 0 aromatic heterocycles. The van der Waals surface area contributed by atoms with Crippen LogP contribution in [0.4, 0.5) is 18.9 Å². The van der Waals surface area contributed by atoms with Gasteiger partial charge in [-0.3, -0.25) is 0 Å². The molecule has 2 aromatic carbocycles. The average Bonchev–Trinajstić information content (AvgIpc) is 2.43. The van der Waals surface area contributed by atoms with Crippen LogP contribution < -0.4 is 11.1 Å². The minimum atomic E-state index is -0.983. The van der Waals surface area contributed by atoms with Crippen molar-refractivity contribution in [3.63, 3.8) is 0 Å². The van der Waals surface area contributed by atoms with E-state index in [1.807, 2.05) is 0 Å². The second kappa shape index (κ2) is 6.15. The molecular weight excluding hydrogens is 289 g/mol. The van der Waals surface area contributed by atoms with E-state index in [9.17, 15) is 13.2 Å². The maximum Gasteiger partial charge on any atom is 0.164 e. The smallest absolute Gasteiger partial charge is 0.164 e. The Balaban J connectivity index is 2.34. The highest BCUT2D eigenvalue weighted by Crippen LogP contribution is 2.28. The summed E-state index contributed by atoms with van der Waals surface area (Å²) in [4.78, 5) is 0. The fourth-order valence-electron chi connectivity index (χ4n) is 1.85. The molecule has 1 atom stereocenters. The summed E-state index contributed by atoms with van der Waals surface area (Å²) in [5, 5.41) is 3.08. The maximum atomic E-state index is 13.7. The molecule has 2 aromatic rings.